The number of carbonyl (C=O) groups is 1. The Hall–Kier alpha value is -1.96. The standard InChI is InChI=1S/C19H22N4O2S.ClH/c1-11-9-14(13(3)26-11)16-10-15(17-12(2)22-25-18(17)21-16)19(24)23-7-4-5-20-6-8-23;/h9-10,20H,4-8H2,1-3H3;1H. The summed E-state index contributed by atoms with van der Waals surface area (Å²) < 4.78 is 5.42. The lowest BCUT2D eigenvalue weighted by atomic mass is 10.0. The highest BCUT2D eigenvalue weighted by atomic mass is 35.5. The molecule has 0 atom stereocenters. The summed E-state index contributed by atoms with van der Waals surface area (Å²) in [7, 11) is 0. The maximum absolute atomic E-state index is 13.3. The maximum Gasteiger partial charge on any atom is 0.259 e. The zero-order chi connectivity index (χ0) is 18.3. The van der Waals surface area contributed by atoms with E-state index in [0.717, 1.165) is 42.7 Å². The van der Waals surface area contributed by atoms with Crippen LogP contribution in [0, 0.1) is 20.8 Å². The van der Waals surface area contributed by atoms with Gasteiger partial charge >= 0.3 is 0 Å². The number of hydrogen-bond donors (Lipinski definition) is 1. The Kier molecular flexibility index (Phi) is 5.83. The van der Waals surface area contributed by atoms with E-state index in [-0.39, 0.29) is 18.3 Å². The first-order chi connectivity index (χ1) is 12.5. The van der Waals surface area contributed by atoms with Gasteiger partial charge in [0.15, 0.2) is 0 Å². The highest BCUT2D eigenvalue weighted by molar-refractivity contribution is 7.12. The lowest BCUT2D eigenvalue weighted by molar-refractivity contribution is 0.0768. The predicted molar refractivity (Wildman–Crippen MR) is 110 cm³/mol. The molecule has 0 bridgehead atoms. The van der Waals surface area contributed by atoms with E-state index in [0.29, 0.717) is 23.5 Å². The van der Waals surface area contributed by atoms with Gasteiger partial charge in [0.2, 0.25) is 0 Å². The summed E-state index contributed by atoms with van der Waals surface area (Å²) >= 11 is 1.73. The van der Waals surface area contributed by atoms with Crippen LogP contribution in [0.25, 0.3) is 22.4 Å². The minimum atomic E-state index is 0. The summed E-state index contributed by atoms with van der Waals surface area (Å²) in [5.74, 6) is 0.0262. The van der Waals surface area contributed by atoms with Crippen molar-refractivity contribution in [3.05, 3.63) is 33.1 Å². The molecule has 1 saturated heterocycles. The highest BCUT2D eigenvalue weighted by Gasteiger charge is 2.24. The van der Waals surface area contributed by atoms with Crippen molar-refractivity contribution < 1.29 is 9.32 Å². The van der Waals surface area contributed by atoms with Crippen molar-refractivity contribution in [3.8, 4) is 11.3 Å². The first kappa shape index (κ1) is 19.8. The van der Waals surface area contributed by atoms with Crippen LogP contribution in [0.1, 0.15) is 32.2 Å². The Balaban J connectivity index is 0.00000210. The molecule has 8 heteroatoms. The smallest absolute Gasteiger partial charge is 0.259 e. The number of rotatable bonds is 2. The van der Waals surface area contributed by atoms with Crippen LogP contribution in [0.5, 0.6) is 0 Å². The molecule has 27 heavy (non-hydrogen) atoms. The third-order valence-electron chi connectivity index (χ3n) is 4.79. The van der Waals surface area contributed by atoms with Crippen molar-refractivity contribution in [2.75, 3.05) is 26.2 Å². The molecule has 0 saturated carbocycles. The number of pyridine rings is 1. The molecule has 0 spiro atoms. The fourth-order valence-electron chi connectivity index (χ4n) is 3.51. The number of halogens is 1. The minimum Gasteiger partial charge on any atom is -0.337 e. The van der Waals surface area contributed by atoms with Crippen molar-refractivity contribution in [2.24, 2.45) is 0 Å². The molecule has 1 fully saturated rings. The molecule has 0 radical (unpaired) electrons. The fourth-order valence-corrected chi connectivity index (χ4v) is 4.44. The second-order valence-electron chi connectivity index (χ2n) is 6.73. The summed E-state index contributed by atoms with van der Waals surface area (Å²) in [6, 6.07) is 4.02. The molecule has 1 aliphatic rings. The number of nitrogens with zero attached hydrogens (tertiary/aromatic N) is 3. The van der Waals surface area contributed by atoms with Gasteiger partial charge in [-0.15, -0.1) is 23.7 Å². The molecule has 6 nitrogen and oxygen atoms in total. The van der Waals surface area contributed by atoms with Gasteiger partial charge in [0.05, 0.1) is 22.3 Å². The summed E-state index contributed by atoms with van der Waals surface area (Å²) in [5, 5.41) is 8.11. The van der Waals surface area contributed by atoms with Crippen LogP contribution in [0.2, 0.25) is 0 Å². The first-order valence-electron chi connectivity index (χ1n) is 8.89. The zero-order valence-corrected chi connectivity index (χ0v) is 17.3. The van der Waals surface area contributed by atoms with E-state index in [1.54, 1.807) is 11.3 Å². The normalized spacial score (nSPS) is 14.9. The molecular weight excluding hydrogens is 384 g/mol. The number of nitrogens with one attached hydrogen (secondary N) is 1. The van der Waals surface area contributed by atoms with Crippen LogP contribution in [0.15, 0.2) is 16.7 Å². The molecule has 3 aromatic heterocycles. The Labute approximate surface area is 168 Å². The molecule has 3 aromatic rings. The van der Waals surface area contributed by atoms with Crippen molar-refractivity contribution in [2.45, 2.75) is 27.2 Å². The minimum absolute atomic E-state index is 0. The topological polar surface area (TPSA) is 71.3 Å². The van der Waals surface area contributed by atoms with Crippen molar-refractivity contribution in [3.63, 3.8) is 0 Å². The van der Waals surface area contributed by atoms with Crippen LogP contribution < -0.4 is 5.32 Å². The van der Waals surface area contributed by atoms with E-state index in [2.05, 4.69) is 35.4 Å². The quantitative estimate of drug-likeness (QED) is 0.702. The number of carbonyl (C=O) groups excluding carboxylic acids is 1. The lowest BCUT2D eigenvalue weighted by Crippen LogP contribution is -2.34. The van der Waals surface area contributed by atoms with E-state index >= 15 is 0 Å². The Bertz CT molecular complexity index is 974. The Morgan fingerprint density at radius 1 is 1.22 bits per heavy atom. The van der Waals surface area contributed by atoms with E-state index in [4.69, 9.17) is 4.52 Å². The van der Waals surface area contributed by atoms with Crippen molar-refractivity contribution in [1.29, 1.82) is 0 Å². The summed E-state index contributed by atoms with van der Waals surface area (Å²) in [5.41, 5.74) is 3.59. The first-order valence-corrected chi connectivity index (χ1v) is 9.70. The van der Waals surface area contributed by atoms with Crippen LogP contribution in [0.3, 0.4) is 0 Å². The van der Waals surface area contributed by atoms with Crippen LogP contribution in [-0.2, 0) is 0 Å². The fraction of sp³-hybridized carbons (Fsp3) is 0.421. The van der Waals surface area contributed by atoms with Crippen molar-refractivity contribution in [1.82, 2.24) is 20.4 Å². The Morgan fingerprint density at radius 2 is 2.04 bits per heavy atom. The van der Waals surface area contributed by atoms with E-state index in [1.165, 1.54) is 9.75 Å². The van der Waals surface area contributed by atoms with Gasteiger partial charge < -0.3 is 14.7 Å². The van der Waals surface area contributed by atoms with E-state index < -0.39 is 0 Å². The van der Waals surface area contributed by atoms with Gasteiger partial charge in [-0.2, -0.15) is 0 Å². The van der Waals surface area contributed by atoms with Gasteiger partial charge in [0, 0.05) is 35.0 Å². The molecule has 4 rings (SSSR count). The van der Waals surface area contributed by atoms with Crippen LogP contribution in [-0.4, -0.2) is 47.1 Å². The number of aryl methyl sites for hydroxylation is 3. The summed E-state index contributed by atoms with van der Waals surface area (Å²) in [6.45, 7) is 9.23. The lowest BCUT2D eigenvalue weighted by Gasteiger charge is -2.20. The van der Waals surface area contributed by atoms with Gasteiger partial charge in [-0.1, -0.05) is 5.16 Å². The molecule has 0 aliphatic carbocycles. The predicted octanol–water partition coefficient (Wildman–Crippen LogP) is 3.73. The second kappa shape index (κ2) is 7.96. The number of thiophene rings is 1. The number of aromatic nitrogens is 2. The summed E-state index contributed by atoms with van der Waals surface area (Å²) in [4.78, 5) is 22.3. The zero-order valence-electron chi connectivity index (χ0n) is 15.7. The molecular formula is C19H23ClN4O2S. The van der Waals surface area contributed by atoms with Gasteiger partial charge in [-0.25, -0.2) is 4.98 Å². The SMILES string of the molecule is Cc1cc(-c2cc(C(=O)N3CCCNCC3)c3c(C)noc3n2)c(C)s1.Cl. The molecule has 1 amide bonds. The molecule has 0 aromatic carbocycles. The van der Waals surface area contributed by atoms with Gasteiger partial charge in [0.1, 0.15) is 0 Å². The molecule has 1 N–H and O–H groups in total. The van der Waals surface area contributed by atoms with Gasteiger partial charge in [-0.05, 0) is 45.9 Å². The Morgan fingerprint density at radius 3 is 2.78 bits per heavy atom. The van der Waals surface area contributed by atoms with E-state index in [1.807, 2.05) is 17.9 Å². The number of amides is 1. The third-order valence-corrected chi connectivity index (χ3v) is 5.76. The third kappa shape index (κ3) is 3.72. The molecule has 0 unspecified atom stereocenters. The maximum atomic E-state index is 13.3. The van der Waals surface area contributed by atoms with E-state index in [9.17, 15) is 4.79 Å². The number of hydrogen-bond acceptors (Lipinski definition) is 6. The van der Waals surface area contributed by atoms with Gasteiger partial charge in [-0.3, -0.25) is 4.79 Å². The highest BCUT2D eigenvalue weighted by Crippen LogP contribution is 2.33. The largest absolute Gasteiger partial charge is 0.337 e. The van der Waals surface area contributed by atoms with Gasteiger partial charge in [0.25, 0.3) is 11.6 Å². The molecule has 4 heterocycles. The monoisotopic (exact) mass is 406 g/mol. The van der Waals surface area contributed by atoms with Crippen LogP contribution >= 0.6 is 23.7 Å². The number of fused-ring (bicyclic) bond motifs is 1. The van der Waals surface area contributed by atoms with Crippen LogP contribution in [0.4, 0.5) is 0 Å². The summed E-state index contributed by atoms with van der Waals surface area (Å²) in [6.07, 6.45) is 0.957. The average molecular weight is 407 g/mol. The average Bonchev–Trinajstić information content (AvgIpc) is 3.03. The second-order valence-corrected chi connectivity index (χ2v) is 8.19. The molecule has 144 valence electrons. The molecule has 1 aliphatic heterocycles. The van der Waals surface area contributed by atoms with Crippen molar-refractivity contribution >= 4 is 40.8 Å².